The van der Waals surface area contributed by atoms with Gasteiger partial charge in [0.15, 0.2) is 12.6 Å². The molecular formula is C53H78N6O14. The number of pyridine rings is 1. The van der Waals surface area contributed by atoms with Gasteiger partial charge in [-0.25, -0.2) is 4.68 Å². The molecule has 1 aromatic carbocycles. The summed E-state index contributed by atoms with van der Waals surface area (Å²) in [5.74, 6) is -2.96. The molecule has 6 rings (SSSR count). The molecule has 20 nitrogen and oxygen atoms in total. The molecule has 3 aliphatic rings. The van der Waals surface area contributed by atoms with Crippen LogP contribution in [0.1, 0.15) is 79.3 Å². The molecular weight excluding hydrogens is 945 g/mol. The third-order valence-corrected chi connectivity index (χ3v) is 14.4. The molecule has 3 aromatic rings. The number of rotatable bonds is 17. The van der Waals surface area contributed by atoms with E-state index in [2.05, 4.69) is 20.5 Å². The van der Waals surface area contributed by atoms with Gasteiger partial charge in [-0.05, 0) is 84.7 Å². The van der Waals surface area contributed by atoms with Crippen molar-refractivity contribution in [1.82, 2.24) is 24.9 Å². The standard InChI is InChI=1S/C53H78N6O14/c1-11-43-37(29-68-53-51(67-10)50(66-9)47(64)34(6)71-53)23-30(2)18-19-40(56-69-22-14-16-38-28-59(57-55-38)39-25-35-15-12-13-17-41(35)54-27-39)31(3)24-36(20-21-60)49(32(4)42(61)26-44(62)72-43)73-52-48(65)45(58(7)8)46(63)33(5)70-52/h12-13,15,17-19,21,23,25,27-28,31-34,36-37,42-43,45-53,61,63-65H,11,14,16,20,22,24,26,29H2,1-10H3/b19-18+,30-23+,56-40-/t31-,32+,33-,34-,36+,37-,42-,43-,45+,46-,47-,48-,49-,50-,51-,52+,53-/m1/s1. The van der Waals surface area contributed by atoms with Crippen LogP contribution in [0.2, 0.25) is 0 Å². The van der Waals surface area contributed by atoms with Crippen LogP contribution < -0.4 is 0 Å². The van der Waals surface area contributed by atoms with Crippen molar-refractivity contribution < 1.29 is 68.0 Å². The van der Waals surface area contributed by atoms with Crippen molar-refractivity contribution in [3.63, 3.8) is 0 Å². The number of ether oxygens (including phenoxy) is 7. The van der Waals surface area contributed by atoms with Gasteiger partial charge in [0, 0.05) is 43.8 Å². The highest BCUT2D eigenvalue weighted by Crippen LogP contribution is 2.35. The molecule has 0 saturated carbocycles. The van der Waals surface area contributed by atoms with E-state index in [0.29, 0.717) is 31.4 Å². The average molecular weight is 1020 g/mol. The first-order valence-electron chi connectivity index (χ1n) is 25.5. The number of allylic oxidation sites excluding steroid dienone is 3. The molecule has 17 atom stereocenters. The van der Waals surface area contributed by atoms with Gasteiger partial charge in [-0.1, -0.05) is 67.1 Å². The Morgan fingerprint density at radius 1 is 0.945 bits per heavy atom. The molecule has 404 valence electrons. The van der Waals surface area contributed by atoms with Crippen LogP contribution in [0, 0.1) is 23.7 Å². The number of hydrogen-bond acceptors (Lipinski definition) is 19. The number of esters is 1. The van der Waals surface area contributed by atoms with E-state index >= 15 is 0 Å². The molecule has 0 amide bonds. The maximum absolute atomic E-state index is 13.9. The number of methoxy groups -OCH3 is 2. The van der Waals surface area contributed by atoms with Crippen LogP contribution in [0.15, 0.2) is 71.7 Å². The first kappa shape index (κ1) is 57.7. The first-order valence-corrected chi connectivity index (χ1v) is 25.5. The van der Waals surface area contributed by atoms with Crippen LogP contribution in [0.25, 0.3) is 16.6 Å². The zero-order valence-electron chi connectivity index (χ0n) is 43.9. The van der Waals surface area contributed by atoms with E-state index in [1.165, 1.54) is 14.2 Å². The lowest BCUT2D eigenvalue weighted by molar-refractivity contribution is -0.304. The molecule has 73 heavy (non-hydrogen) atoms. The fourth-order valence-electron chi connectivity index (χ4n) is 10.0. The number of nitrogens with zero attached hydrogens (tertiary/aromatic N) is 6. The minimum atomic E-state index is -1.33. The minimum Gasteiger partial charge on any atom is -0.462 e. The van der Waals surface area contributed by atoms with E-state index in [0.717, 1.165) is 34.1 Å². The van der Waals surface area contributed by atoms with Gasteiger partial charge in [-0.15, -0.1) is 5.10 Å². The van der Waals surface area contributed by atoms with Gasteiger partial charge in [0.1, 0.15) is 43.4 Å². The Hall–Kier alpha value is -4.58. The third kappa shape index (κ3) is 14.8. The van der Waals surface area contributed by atoms with Gasteiger partial charge in [0.05, 0.1) is 84.6 Å². The van der Waals surface area contributed by atoms with E-state index < -0.39 is 110 Å². The highest BCUT2D eigenvalue weighted by molar-refractivity contribution is 5.96. The molecule has 4 N–H and O–H groups in total. The summed E-state index contributed by atoms with van der Waals surface area (Å²) in [5.41, 5.74) is 3.78. The van der Waals surface area contributed by atoms with E-state index in [-0.39, 0.29) is 25.6 Å². The fourth-order valence-corrected chi connectivity index (χ4v) is 10.0. The summed E-state index contributed by atoms with van der Waals surface area (Å²) in [6.07, 6.45) is 0.111. The Bertz CT molecular complexity index is 2310. The third-order valence-electron chi connectivity index (χ3n) is 14.4. The SMILES string of the molecule is CC[C@H]1OC(=O)C[C@@H](O)[C@H](C)[C@@H](O[C@@H]2O[C@H](C)[C@@H](O)[C@H](N(C)C)[C@H]2O)[C@@H](CC=O)C[C@@H](C)C(=N\OCCCc2cn(-c3cnc4ccccc4c3)nn2)/C=C/C(C)=C/[C@@H]1CO[C@@H]1O[C@H](C)[C@@H](O)[C@@H](OC)[C@H]1OC. The normalized spacial score (nSPS) is 35.9. The van der Waals surface area contributed by atoms with Gasteiger partial charge in [0.2, 0.25) is 0 Å². The van der Waals surface area contributed by atoms with Crippen LogP contribution in [0.5, 0.6) is 0 Å². The van der Waals surface area contributed by atoms with Crippen molar-refractivity contribution in [3.05, 3.63) is 72.2 Å². The minimum absolute atomic E-state index is 0.00155. The monoisotopic (exact) mass is 1020 g/mol. The van der Waals surface area contributed by atoms with E-state index in [9.17, 15) is 30.0 Å². The van der Waals surface area contributed by atoms with Gasteiger partial charge in [-0.2, -0.15) is 0 Å². The summed E-state index contributed by atoms with van der Waals surface area (Å²) in [4.78, 5) is 38.7. The van der Waals surface area contributed by atoms with Crippen molar-refractivity contribution in [1.29, 1.82) is 0 Å². The smallest absolute Gasteiger partial charge is 0.308 e. The number of aliphatic hydroxyl groups excluding tert-OH is 4. The molecule has 2 aromatic heterocycles. The van der Waals surface area contributed by atoms with Gasteiger partial charge < -0.3 is 68.1 Å². The number of carbonyl (C=O) groups excluding carboxylic acids is 2. The quantitative estimate of drug-likeness (QED) is 0.0643. The summed E-state index contributed by atoms with van der Waals surface area (Å²) < 4.78 is 44.3. The average Bonchev–Trinajstić information content (AvgIpc) is 3.85. The summed E-state index contributed by atoms with van der Waals surface area (Å²) in [7, 11) is 6.44. The molecule has 0 radical (unpaired) electrons. The number of para-hydroxylation sites is 1. The van der Waals surface area contributed by atoms with Crippen molar-refractivity contribution in [2.24, 2.45) is 28.8 Å². The second-order valence-electron chi connectivity index (χ2n) is 19.9. The van der Waals surface area contributed by atoms with Crippen LogP contribution >= 0.6 is 0 Å². The largest absolute Gasteiger partial charge is 0.462 e. The van der Waals surface area contributed by atoms with Crippen LogP contribution in [-0.2, 0) is 54.0 Å². The molecule has 0 bridgehead atoms. The predicted octanol–water partition coefficient (Wildman–Crippen LogP) is 4.13. The number of carbonyl (C=O) groups is 2. The van der Waals surface area contributed by atoms with Gasteiger partial charge >= 0.3 is 5.97 Å². The van der Waals surface area contributed by atoms with E-state index in [1.807, 2.05) is 75.5 Å². The number of cyclic esters (lactones) is 1. The topological polar surface area (TPSA) is 248 Å². The predicted molar refractivity (Wildman–Crippen MR) is 269 cm³/mol. The Morgan fingerprint density at radius 3 is 2.38 bits per heavy atom. The highest BCUT2D eigenvalue weighted by Gasteiger charge is 2.48. The molecule has 2 saturated heterocycles. The Labute approximate surface area is 428 Å². The van der Waals surface area contributed by atoms with Crippen molar-refractivity contribution in [2.45, 2.75) is 160 Å². The molecule has 3 aliphatic heterocycles. The number of hydrogen-bond donors (Lipinski definition) is 4. The van der Waals surface area contributed by atoms with E-state index in [1.54, 1.807) is 50.6 Å². The molecule has 0 unspecified atom stereocenters. The summed E-state index contributed by atoms with van der Waals surface area (Å²) >= 11 is 0. The van der Waals surface area contributed by atoms with Crippen molar-refractivity contribution >= 4 is 28.9 Å². The molecule has 5 heterocycles. The lowest BCUT2D eigenvalue weighted by Crippen LogP contribution is -2.63. The number of likely N-dealkylation sites (N-methyl/N-ethyl adjacent to an activating group) is 1. The second kappa shape index (κ2) is 27.3. The molecule has 2 fully saturated rings. The van der Waals surface area contributed by atoms with Crippen molar-refractivity contribution in [2.75, 3.05) is 41.5 Å². The highest BCUT2D eigenvalue weighted by atomic mass is 16.7. The number of benzene rings is 1. The lowest BCUT2D eigenvalue weighted by atomic mass is 9.79. The lowest BCUT2D eigenvalue weighted by Gasteiger charge is -2.46. The molecule has 0 aliphatic carbocycles. The maximum atomic E-state index is 13.9. The van der Waals surface area contributed by atoms with Crippen LogP contribution in [0.4, 0.5) is 0 Å². The summed E-state index contributed by atoms with van der Waals surface area (Å²) in [6, 6.07) is 9.12. The summed E-state index contributed by atoms with van der Waals surface area (Å²) in [6.45, 7) is 11.1. The summed E-state index contributed by atoms with van der Waals surface area (Å²) in [5, 5.41) is 59.7. The van der Waals surface area contributed by atoms with Crippen LogP contribution in [-0.4, -0.2) is 184 Å². The fraction of sp³-hybridized carbons (Fsp3) is 0.660. The number of aliphatic hydroxyl groups is 4. The number of aromatic nitrogens is 4. The number of oxime groups is 1. The maximum Gasteiger partial charge on any atom is 0.308 e. The number of aryl methyl sites for hydroxylation is 1. The Balaban J connectivity index is 1.29. The number of fused-ring (bicyclic) bond motifs is 1. The first-order chi connectivity index (χ1) is 35.0. The van der Waals surface area contributed by atoms with E-state index in [4.69, 9.17) is 38.0 Å². The Kier molecular flexibility index (Phi) is 21.6. The molecule has 0 spiro atoms. The second-order valence-corrected chi connectivity index (χ2v) is 19.9. The van der Waals surface area contributed by atoms with Crippen molar-refractivity contribution in [3.8, 4) is 5.69 Å². The molecule has 20 heteroatoms. The zero-order valence-corrected chi connectivity index (χ0v) is 43.9. The Morgan fingerprint density at radius 2 is 1.67 bits per heavy atom. The van der Waals surface area contributed by atoms with Gasteiger partial charge in [-0.3, -0.25) is 9.78 Å². The zero-order chi connectivity index (χ0) is 52.9. The number of aldehydes is 1. The van der Waals surface area contributed by atoms with Gasteiger partial charge in [0.25, 0.3) is 0 Å². The van der Waals surface area contributed by atoms with Crippen LogP contribution in [0.3, 0.4) is 0 Å².